The molecule has 0 aliphatic heterocycles. The molecule has 10 heteroatoms. The van der Waals surface area contributed by atoms with Gasteiger partial charge < -0.3 is 10.6 Å². The van der Waals surface area contributed by atoms with Gasteiger partial charge in [-0.2, -0.15) is 26.3 Å². The Bertz CT molecular complexity index is 581. The van der Waals surface area contributed by atoms with Crippen molar-refractivity contribution in [2.24, 2.45) is 5.92 Å². The Morgan fingerprint density at radius 1 is 1.21 bits per heavy atom. The van der Waals surface area contributed by atoms with E-state index < -0.39 is 36.8 Å². The number of nitrogens with one attached hydrogen (secondary N) is 2. The molecule has 1 aliphatic rings. The van der Waals surface area contributed by atoms with E-state index in [2.05, 4.69) is 15.6 Å². The maximum absolute atomic E-state index is 12.3. The van der Waals surface area contributed by atoms with Crippen molar-refractivity contribution in [2.75, 3.05) is 0 Å². The molecule has 0 spiro atoms. The summed E-state index contributed by atoms with van der Waals surface area (Å²) in [5, 5.41) is 4.80. The van der Waals surface area contributed by atoms with Crippen LogP contribution < -0.4 is 10.6 Å². The highest BCUT2D eigenvalue weighted by molar-refractivity contribution is 5.74. The molecule has 2 rings (SSSR count). The van der Waals surface area contributed by atoms with Crippen LogP contribution in [0.1, 0.15) is 24.1 Å². The van der Waals surface area contributed by atoms with Crippen molar-refractivity contribution in [1.82, 2.24) is 15.6 Å². The Balaban J connectivity index is 1.76. The summed E-state index contributed by atoms with van der Waals surface area (Å²) in [4.78, 5) is 15.2. The molecule has 0 atom stereocenters. The maximum Gasteiger partial charge on any atom is 0.394 e. The molecule has 1 heterocycles. The largest absolute Gasteiger partial charge is 0.394 e. The van der Waals surface area contributed by atoms with Gasteiger partial charge in [-0.25, -0.2) is 4.79 Å². The zero-order chi connectivity index (χ0) is 18.0. The topological polar surface area (TPSA) is 54.0 Å². The number of amides is 2. The Morgan fingerprint density at radius 2 is 1.88 bits per heavy atom. The summed E-state index contributed by atoms with van der Waals surface area (Å²) in [6.07, 6.45) is -8.93. The van der Waals surface area contributed by atoms with E-state index in [0.717, 1.165) is 0 Å². The van der Waals surface area contributed by atoms with E-state index in [9.17, 15) is 31.1 Å². The van der Waals surface area contributed by atoms with Gasteiger partial charge in [0.25, 0.3) is 0 Å². The number of halogens is 6. The van der Waals surface area contributed by atoms with Gasteiger partial charge in [-0.1, -0.05) is 0 Å². The molecule has 1 aromatic heterocycles. The fraction of sp³-hybridized carbons (Fsp3) is 0.571. The minimum Gasteiger partial charge on any atom is -0.335 e. The number of alkyl halides is 6. The van der Waals surface area contributed by atoms with E-state index in [1.54, 1.807) is 0 Å². The van der Waals surface area contributed by atoms with Crippen molar-refractivity contribution in [2.45, 2.75) is 44.2 Å². The number of pyridine rings is 1. The van der Waals surface area contributed by atoms with E-state index in [-0.39, 0.29) is 25.1 Å². The van der Waals surface area contributed by atoms with Crippen LogP contribution in [0.15, 0.2) is 18.3 Å². The van der Waals surface area contributed by atoms with Crippen LogP contribution in [0.25, 0.3) is 0 Å². The van der Waals surface area contributed by atoms with Crippen LogP contribution in [0.4, 0.5) is 31.1 Å². The lowest BCUT2D eigenvalue weighted by Crippen LogP contribution is -2.51. The predicted octanol–water partition coefficient (Wildman–Crippen LogP) is 3.33. The highest BCUT2D eigenvalue weighted by Crippen LogP contribution is 2.40. The Morgan fingerprint density at radius 3 is 2.46 bits per heavy atom. The lowest BCUT2D eigenvalue weighted by Gasteiger charge is -2.36. The van der Waals surface area contributed by atoms with E-state index in [0.29, 0.717) is 5.56 Å². The van der Waals surface area contributed by atoms with Gasteiger partial charge in [0.05, 0.1) is 12.3 Å². The fourth-order valence-electron chi connectivity index (χ4n) is 2.36. The van der Waals surface area contributed by atoms with Crippen molar-refractivity contribution in [3.05, 3.63) is 29.6 Å². The number of carbonyl (C=O) groups excluding carboxylic acids is 1. The molecule has 24 heavy (non-hydrogen) atoms. The van der Waals surface area contributed by atoms with Crippen LogP contribution in [0, 0.1) is 5.92 Å². The quantitative estimate of drug-likeness (QED) is 0.814. The molecule has 0 radical (unpaired) electrons. The molecule has 0 saturated heterocycles. The monoisotopic (exact) mass is 355 g/mol. The summed E-state index contributed by atoms with van der Waals surface area (Å²) in [7, 11) is 0. The standard InChI is InChI=1S/C14H15F6N3O/c15-13(16,17)6-11-3-8(1-2-21-11)7-22-12(24)23-10-4-9(5-10)14(18,19)20/h1-3,9-10H,4-7H2,(H2,22,23,24)/t9-,10-. The second-order valence-corrected chi connectivity index (χ2v) is 5.68. The number of nitrogens with zero attached hydrogens (tertiary/aromatic N) is 1. The third kappa shape index (κ3) is 5.57. The van der Waals surface area contributed by atoms with Crippen molar-refractivity contribution in [3.63, 3.8) is 0 Å². The molecule has 4 nitrogen and oxygen atoms in total. The Hall–Kier alpha value is -2.00. The van der Waals surface area contributed by atoms with Crippen molar-refractivity contribution >= 4 is 6.03 Å². The summed E-state index contributed by atoms with van der Waals surface area (Å²) in [6, 6.07) is 1.46. The van der Waals surface area contributed by atoms with Crippen molar-refractivity contribution in [3.8, 4) is 0 Å². The van der Waals surface area contributed by atoms with Crippen molar-refractivity contribution < 1.29 is 31.1 Å². The van der Waals surface area contributed by atoms with Gasteiger partial charge in [0.1, 0.15) is 0 Å². The van der Waals surface area contributed by atoms with Gasteiger partial charge in [-0.15, -0.1) is 0 Å². The first-order valence-corrected chi connectivity index (χ1v) is 7.14. The molecule has 0 aromatic carbocycles. The van der Waals surface area contributed by atoms with Crippen LogP contribution >= 0.6 is 0 Å². The van der Waals surface area contributed by atoms with Gasteiger partial charge in [0.2, 0.25) is 0 Å². The van der Waals surface area contributed by atoms with E-state index in [4.69, 9.17) is 0 Å². The molecule has 1 aliphatic carbocycles. The first-order chi connectivity index (χ1) is 11.0. The average Bonchev–Trinajstić information content (AvgIpc) is 2.37. The van der Waals surface area contributed by atoms with Crippen LogP contribution in [0.2, 0.25) is 0 Å². The minimum atomic E-state index is -4.38. The van der Waals surface area contributed by atoms with E-state index >= 15 is 0 Å². The first kappa shape index (κ1) is 18.3. The molecule has 1 saturated carbocycles. The molecule has 0 unspecified atom stereocenters. The van der Waals surface area contributed by atoms with Gasteiger partial charge in [-0.05, 0) is 30.5 Å². The smallest absolute Gasteiger partial charge is 0.335 e. The second-order valence-electron chi connectivity index (χ2n) is 5.68. The zero-order valence-electron chi connectivity index (χ0n) is 12.3. The molecule has 1 aromatic rings. The molecule has 2 N–H and O–H groups in total. The SMILES string of the molecule is O=C(NCc1ccnc(CC(F)(F)F)c1)N[C@H]1C[C@H](C(F)(F)F)C1. The molecular weight excluding hydrogens is 340 g/mol. The number of carbonyl (C=O) groups is 1. The molecule has 0 bridgehead atoms. The summed E-state index contributed by atoms with van der Waals surface area (Å²) < 4.78 is 73.8. The van der Waals surface area contributed by atoms with Crippen LogP contribution in [0.3, 0.4) is 0 Å². The average molecular weight is 355 g/mol. The summed E-state index contributed by atoms with van der Waals surface area (Å²) in [5.74, 6) is -1.40. The minimum absolute atomic E-state index is 0.0470. The summed E-state index contributed by atoms with van der Waals surface area (Å²) in [6.45, 7) is -0.0470. The van der Waals surface area contributed by atoms with Gasteiger partial charge in [0, 0.05) is 24.5 Å². The highest BCUT2D eigenvalue weighted by Gasteiger charge is 2.48. The first-order valence-electron chi connectivity index (χ1n) is 7.14. The summed E-state index contributed by atoms with van der Waals surface area (Å²) >= 11 is 0. The second kappa shape index (κ2) is 6.86. The zero-order valence-corrected chi connectivity index (χ0v) is 12.3. The van der Waals surface area contributed by atoms with Crippen LogP contribution in [-0.2, 0) is 13.0 Å². The molecule has 1 fully saturated rings. The number of urea groups is 1. The summed E-state index contributed by atoms with van der Waals surface area (Å²) in [5.41, 5.74) is 0.246. The lowest BCUT2D eigenvalue weighted by atomic mass is 9.80. The van der Waals surface area contributed by atoms with Gasteiger partial charge >= 0.3 is 18.4 Å². The van der Waals surface area contributed by atoms with Crippen LogP contribution in [-0.4, -0.2) is 29.4 Å². The molecular formula is C14H15F6N3O. The third-order valence-corrected chi connectivity index (χ3v) is 3.65. The van der Waals surface area contributed by atoms with Gasteiger partial charge in [-0.3, -0.25) is 4.98 Å². The van der Waals surface area contributed by atoms with Crippen molar-refractivity contribution in [1.29, 1.82) is 0 Å². The molecule has 134 valence electrons. The number of rotatable bonds is 4. The highest BCUT2D eigenvalue weighted by atomic mass is 19.4. The Labute approximate surface area is 133 Å². The normalized spacial score (nSPS) is 21.1. The number of aromatic nitrogens is 1. The Kier molecular flexibility index (Phi) is 5.24. The van der Waals surface area contributed by atoms with E-state index in [1.807, 2.05) is 0 Å². The lowest BCUT2D eigenvalue weighted by molar-refractivity contribution is -0.198. The van der Waals surface area contributed by atoms with Gasteiger partial charge in [0.15, 0.2) is 0 Å². The number of hydrogen-bond donors (Lipinski definition) is 2. The molecule has 2 amide bonds. The number of hydrogen-bond acceptors (Lipinski definition) is 2. The predicted molar refractivity (Wildman–Crippen MR) is 71.9 cm³/mol. The van der Waals surface area contributed by atoms with E-state index in [1.165, 1.54) is 18.3 Å². The van der Waals surface area contributed by atoms with Crippen LogP contribution in [0.5, 0.6) is 0 Å². The fourth-order valence-corrected chi connectivity index (χ4v) is 2.36. The maximum atomic E-state index is 12.3. The third-order valence-electron chi connectivity index (χ3n) is 3.65.